The number of benzene rings is 1. The zero-order valence-electron chi connectivity index (χ0n) is 14.5. The molecule has 0 bridgehead atoms. The van der Waals surface area contributed by atoms with Crippen molar-refractivity contribution in [3.63, 3.8) is 0 Å². The normalized spacial score (nSPS) is 18.2. The second kappa shape index (κ2) is 7.09. The first kappa shape index (κ1) is 18.1. The highest BCUT2D eigenvalue weighted by Gasteiger charge is 2.33. The van der Waals surface area contributed by atoms with E-state index >= 15 is 0 Å². The summed E-state index contributed by atoms with van der Waals surface area (Å²) in [6.45, 7) is 6.54. The van der Waals surface area contributed by atoms with Crippen molar-refractivity contribution in [2.24, 2.45) is 0 Å². The summed E-state index contributed by atoms with van der Waals surface area (Å²) in [4.78, 5) is 25.8. The van der Waals surface area contributed by atoms with E-state index in [2.05, 4.69) is 0 Å². The van der Waals surface area contributed by atoms with Crippen LogP contribution in [0.5, 0.6) is 0 Å². The molecule has 24 heavy (non-hydrogen) atoms. The van der Waals surface area contributed by atoms with Crippen molar-refractivity contribution in [3.8, 4) is 0 Å². The van der Waals surface area contributed by atoms with Gasteiger partial charge in [0.05, 0.1) is 31.9 Å². The highest BCUT2D eigenvalue weighted by atomic mass is 16.6. The average Bonchev–Trinajstić information content (AvgIpc) is 2.53. The Morgan fingerprint density at radius 1 is 1.33 bits per heavy atom. The van der Waals surface area contributed by atoms with Crippen LogP contribution >= 0.6 is 0 Å². The minimum Gasteiger partial charge on any atom is -0.465 e. The second-order valence-corrected chi connectivity index (χ2v) is 6.60. The predicted octanol–water partition coefficient (Wildman–Crippen LogP) is 2.36. The summed E-state index contributed by atoms with van der Waals surface area (Å²) in [5.41, 5.74) is 6.96. The van der Waals surface area contributed by atoms with Crippen molar-refractivity contribution in [3.05, 3.63) is 29.3 Å². The van der Waals surface area contributed by atoms with E-state index in [0.29, 0.717) is 30.0 Å². The first-order valence-electron chi connectivity index (χ1n) is 7.78. The van der Waals surface area contributed by atoms with E-state index in [1.807, 2.05) is 20.8 Å². The van der Waals surface area contributed by atoms with Crippen LogP contribution in [0.4, 0.5) is 10.5 Å². The van der Waals surface area contributed by atoms with Crippen molar-refractivity contribution in [2.75, 3.05) is 32.6 Å². The molecule has 1 amide bonds. The van der Waals surface area contributed by atoms with Gasteiger partial charge in [0.2, 0.25) is 0 Å². The number of amides is 1. The lowest BCUT2D eigenvalue weighted by Crippen LogP contribution is -2.45. The van der Waals surface area contributed by atoms with E-state index in [1.54, 1.807) is 23.1 Å². The number of anilines is 1. The van der Waals surface area contributed by atoms with Gasteiger partial charge in [-0.2, -0.15) is 0 Å². The molecule has 1 aromatic rings. The molecule has 1 aromatic carbocycles. The van der Waals surface area contributed by atoms with Crippen molar-refractivity contribution in [1.29, 1.82) is 0 Å². The first-order valence-corrected chi connectivity index (χ1v) is 7.78. The number of methoxy groups -OCH3 is 1. The summed E-state index contributed by atoms with van der Waals surface area (Å²) < 4.78 is 15.7. The van der Waals surface area contributed by atoms with Crippen LogP contribution in [0.1, 0.15) is 42.7 Å². The first-order chi connectivity index (χ1) is 11.2. The number of nitrogen functional groups attached to an aromatic ring is 1. The highest BCUT2D eigenvalue weighted by molar-refractivity contribution is 5.90. The quantitative estimate of drug-likeness (QED) is 0.658. The SMILES string of the molecule is COC(=O)c1ccc(N)c([C@H]2COCCN2C(=O)OC(C)(C)C)c1. The maximum absolute atomic E-state index is 12.5. The molecule has 2 N–H and O–H groups in total. The summed E-state index contributed by atoms with van der Waals surface area (Å²) in [5, 5.41) is 0. The van der Waals surface area contributed by atoms with Crippen LogP contribution in [0, 0.1) is 0 Å². The lowest BCUT2D eigenvalue weighted by atomic mass is 10.00. The van der Waals surface area contributed by atoms with E-state index in [1.165, 1.54) is 7.11 Å². The summed E-state index contributed by atoms with van der Waals surface area (Å²) in [6.07, 6.45) is -0.432. The zero-order valence-corrected chi connectivity index (χ0v) is 14.5. The van der Waals surface area contributed by atoms with Gasteiger partial charge in [0.25, 0.3) is 0 Å². The lowest BCUT2D eigenvalue weighted by Gasteiger charge is -2.37. The Morgan fingerprint density at radius 3 is 2.67 bits per heavy atom. The molecule has 1 saturated heterocycles. The van der Waals surface area contributed by atoms with Gasteiger partial charge in [-0.1, -0.05) is 0 Å². The van der Waals surface area contributed by atoms with Gasteiger partial charge < -0.3 is 19.9 Å². The third kappa shape index (κ3) is 4.17. The van der Waals surface area contributed by atoms with Crippen LogP contribution < -0.4 is 5.73 Å². The predicted molar refractivity (Wildman–Crippen MR) is 88.7 cm³/mol. The van der Waals surface area contributed by atoms with E-state index in [-0.39, 0.29) is 6.61 Å². The number of morpholine rings is 1. The van der Waals surface area contributed by atoms with Crippen molar-refractivity contribution >= 4 is 17.7 Å². The van der Waals surface area contributed by atoms with E-state index in [0.717, 1.165) is 0 Å². The molecule has 0 aliphatic carbocycles. The Labute approximate surface area is 141 Å². The molecule has 1 fully saturated rings. The monoisotopic (exact) mass is 336 g/mol. The van der Waals surface area contributed by atoms with Crippen molar-refractivity contribution < 1.29 is 23.8 Å². The number of esters is 1. The van der Waals surface area contributed by atoms with E-state index in [4.69, 9.17) is 19.9 Å². The van der Waals surface area contributed by atoms with Crippen LogP contribution in [0.25, 0.3) is 0 Å². The Kier molecular flexibility index (Phi) is 5.33. The summed E-state index contributed by atoms with van der Waals surface area (Å²) >= 11 is 0. The standard InChI is InChI=1S/C17H24N2O5/c1-17(2,3)24-16(21)19-7-8-23-10-14(19)12-9-11(15(20)22-4)5-6-13(12)18/h5-6,9,14H,7-8,10,18H2,1-4H3/t14-/m1/s1. The summed E-state index contributed by atoms with van der Waals surface area (Å²) in [5.74, 6) is -0.461. The molecule has 0 aromatic heterocycles. The number of ether oxygens (including phenoxy) is 3. The third-order valence-corrected chi connectivity index (χ3v) is 3.62. The van der Waals surface area contributed by atoms with Gasteiger partial charge in [0.15, 0.2) is 0 Å². The molecule has 0 radical (unpaired) electrons. The van der Waals surface area contributed by atoms with E-state index < -0.39 is 23.7 Å². The van der Waals surface area contributed by atoms with Crippen LogP contribution in [0.15, 0.2) is 18.2 Å². The Morgan fingerprint density at radius 2 is 2.04 bits per heavy atom. The minimum atomic E-state index is -0.598. The fraction of sp³-hybridized carbons (Fsp3) is 0.529. The number of hydrogen-bond acceptors (Lipinski definition) is 6. The lowest BCUT2D eigenvalue weighted by molar-refractivity contribution is -0.0329. The molecule has 1 atom stereocenters. The summed E-state index contributed by atoms with van der Waals surface area (Å²) in [7, 11) is 1.31. The molecule has 0 unspecified atom stereocenters. The Hall–Kier alpha value is -2.28. The number of carbonyl (C=O) groups is 2. The fourth-order valence-electron chi connectivity index (χ4n) is 2.51. The number of hydrogen-bond donors (Lipinski definition) is 1. The largest absolute Gasteiger partial charge is 0.465 e. The number of nitrogens with two attached hydrogens (primary N) is 1. The number of nitrogens with zero attached hydrogens (tertiary/aromatic N) is 1. The minimum absolute atomic E-state index is 0.286. The van der Waals surface area contributed by atoms with Gasteiger partial charge in [-0.05, 0) is 39.0 Å². The summed E-state index contributed by atoms with van der Waals surface area (Å²) in [6, 6.07) is 4.44. The molecule has 7 nitrogen and oxygen atoms in total. The molecule has 0 spiro atoms. The molecule has 132 valence electrons. The van der Waals surface area contributed by atoms with Crippen LogP contribution in [-0.2, 0) is 14.2 Å². The number of rotatable bonds is 2. The Balaban J connectivity index is 2.33. The average molecular weight is 336 g/mol. The molecule has 1 heterocycles. The highest BCUT2D eigenvalue weighted by Crippen LogP contribution is 2.31. The zero-order chi connectivity index (χ0) is 17.9. The molecule has 1 aliphatic rings. The van der Waals surface area contributed by atoms with Gasteiger partial charge in [0, 0.05) is 17.8 Å². The van der Waals surface area contributed by atoms with Gasteiger partial charge in [-0.3, -0.25) is 4.90 Å². The Bertz CT molecular complexity index is 624. The van der Waals surface area contributed by atoms with Gasteiger partial charge in [-0.25, -0.2) is 9.59 Å². The fourth-order valence-corrected chi connectivity index (χ4v) is 2.51. The van der Waals surface area contributed by atoms with Crippen LogP contribution in [0.3, 0.4) is 0 Å². The molecule has 0 saturated carbocycles. The molecular formula is C17H24N2O5. The van der Waals surface area contributed by atoms with Gasteiger partial charge >= 0.3 is 12.1 Å². The van der Waals surface area contributed by atoms with Gasteiger partial charge in [0.1, 0.15) is 5.60 Å². The second-order valence-electron chi connectivity index (χ2n) is 6.60. The van der Waals surface area contributed by atoms with Crippen molar-refractivity contribution in [2.45, 2.75) is 32.4 Å². The smallest absolute Gasteiger partial charge is 0.410 e. The molecule has 2 rings (SSSR count). The maximum Gasteiger partial charge on any atom is 0.410 e. The molecule has 1 aliphatic heterocycles. The van der Waals surface area contributed by atoms with Crippen molar-refractivity contribution in [1.82, 2.24) is 4.90 Å². The maximum atomic E-state index is 12.5. The van der Waals surface area contributed by atoms with Gasteiger partial charge in [-0.15, -0.1) is 0 Å². The molecular weight excluding hydrogens is 312 g/mol. The van der Waals surface area contributed by atoms with Crippen LogP contribution in [0.2, 0.25) is 0 Å². The van der Waals surface area contributed by atoms with Crippen LogP contribution in [-0.4, -0.2) is 49.4 Å². The topological polar surface area (TPSA) is 91.1 Å². The number of carbonyl (C=O) groups excluding carboxylic acids is 2. The third-order valence-electron chi connectivity index (χ3n) is 3.62. The molecule has 7 heteroatoms. The van der Waals surface area contributed by atoms with E-state index in [9.17, 15) is 9.59 Å².